The summed E-state index contributed by atoms with van der Waals surface area (Å²) in [6.45, 7) is 6.84. The molecule has 1 aromatic carbocycles. The lowest BCUT2D eigenvalue weighted by molar-refractivity contribution is 0.0955. The molecule has 0 spiro atoms. The predicted octanol–water partition coefficient (Wildman–Crippen LogP) is 2.43. The van der Waals surface area contributed by atoms with Gasteiger partial charge < -0.3 is 10.6 Å². The number of amides is 1. The number of rotatable bonds is 6. The molecule has 7 heteroatoms. The SMILES string of the molecule is Cc1cc(C)n(-c2cc(NCCNC(=O)c3ccccc3)nc(C)n2)n1. The molecule has 7 nitrogen and oxygen atoms in total. The van der Waals surface area contributed by atoms with Crippen molar-refractivity contribution in [2.24, 2.45) is 0 Å². The molecule has 0 aliphatic heterocycles. The van der Waals surface area contributed by atoms with Crippen LogP contribution < -0.4 is 10.6 Å². The topological polar surface area (TPSA) is 84.7 Å². The largest absolute Gasteiger partial charge is 0.368 e. The number of hydrogen-bond acceptors (Lipinski definition) is 5. The number of aryl methyl sites for hydroxylation is 3. The van der Waals surface area contributed by atoms with E-state index in [4.69, 9.17) is 0 Å². The molecule has 26 heavy (non-hydrogen) atoms. The zero-order chi connectivity index (χ0) is 18.5. The molecule has 0 fully saturated rings. The Morgan fingerprint density at radius 2 is 1.81 bits per heavy atom. The zero-order valence-electron chi connectivity index (χ0n) is 15.2. The molecule has 0 unspecified atom stereocenters. The van der Waals surface area contributed by atoms with Gasteiger partial charge in [-0.1, -0.05) is 18.2 Å². The second kappa shape index (κ2) is 7.77. The number of carbonyl (C=O) groups excluding carboxylic acids is 1. The van der Waals surface area contributed by atoms with E-state index >= 15 is 0 Å². The molecule has 3 rings (SSSR count). The van der Waals surface area contributed by atoms with Crippen LogP contribution in [0.4, 0.5) is 5.82 Å². The molecule has 134 valence electrons. The monoisotopic (exact) mass is 350 g/mol. The summed E-state index contributed by atoms with van der Waals surface area (Å²) < 4.78 is 1.80. The normalized spacial score (nSPS) is 10.6. The maximum Gasteiger partial charge on any atom is 0.251 e. The Morgan fingerprint density at radius 1 is 1.04 bits per heavy atom. The van der Waals surface area contributed by atoms with E-state index in [2.05, 4.69) is 25.7 Å². The summed E-state index contributed by atoms with van der Waals surface area (Å²) in [5, 5.41) is 10.6. The van der Waals surface area contributed by atoms with Gasteiger partial charge in [0.25, 0.3) is 5.91 Å². The first-order valence-corrected chi connectivity index (χ1v) is 8.49. The number of hydrogen-bond donors (Lipinski definition) is 2. The Kier molecular flexibility index (Phi) is 5.26. The van der Waals surface area contributed by atoms with Crippen molar-refractivity contribution in [2.75, 3.05) is 18.4 Å². The van der Waals surface area contributed by atoms with E-state index in [-0.39, 0.29) is 5.91 Å². The molecule has 0 bridgehead atoms. The summed E-state index contributed by atoms with van der Waals surface area (Å²) in [6.07, 6.45) is 0. The van der Waals surface area contributed by atoms with E-state index in [9.17, 15) is 4.79 Å². The van der Waals surface area contributed by atoms with Gasteiger partial charge in [-0.25, -0.2) is 14.6 Å². The van der Waals surface area contributed by atoms with E-state index in [0.717, 1.165) is 17.2 Å². The van der Waals surface area contributed by atoms with Crippen LogP contribution in [0, 0.1) is 20.8 Å². The molecule has 2 heterocycles. The highest BCUT2D eigenvalue weighted by atomic mass is 16.1. The molecule has 2 aromatic heterocycles. The van der Waals surface area contributed by atoms with Gasteiger partial charge in [-0.05, 0) is 39.0 Å². The number of aromatic nitrogens is 4. The summed E-state index contributed by atoms with van der Waals surface area (Å²) in [5.41, 5.74) is 2.61. The predicted molar refractivity (Wildman–Crippen MR) is 101 cm³/mol. The quantitative estimate of drug-likeness (QED) is 0.667. The van der Waals surface area contributed by atoms with Crippen molar-refractivity contribution >= 4 is 11.7 Å². The molecule has 0 saturated carbocycles. The van der Waals surface area contributed by atoms with Crippen LogP contribution in [0.3, 0.4) is 0 Å². The summed E-state index contributed by atoms with van der Waals surface area (Å²) in [7, 11) is 0. The van der Waals surface area contributed by atoms with Gasteiger partial charge in [0.1, 0.15) is 11.6 Å². The van der Waals surface area contributed by atoms with Gasteiger partial charge in [-0.3, -0.25) is 4.79 Å². The van der Waals surface area contributed by atoms with E-state index in [1.54, 1.807) is 16.8 Å². The average molecular weight is 350 g/mol. The lowest BCUT2D eigenvalue weighted by atomic mass is 10.2. The first-order valence-electron chi connectivity index (χ1n) is 8.49. The number of carbonyl (C=O) groups is 1. The van der Waals surface area contributed by atoms with Crippen LogP contribution in [0.25, 0.3) is 5.82 Å². The Labute approximate surface area is 152 Å². The standard InChI is InChI=1S/C19H22N6O/c1-13-11-14(2)25(24-13)18-12-17(22-15(3)23-18)20-9-10-21-19(26)16-7-5-4-6-8-16/h4-8,11-12H,9-10H2,1-3H3,(H,21,26)(H,20,22,23). The Balaban J connectivity index is 1.60. The Morgan fingerprint density at radius 3 is 2.50 bits per heavy atom. The number of benzene rings is 1. The molecule has 0 atom stereocenters. The minimum absolute atomic E-state index is 0.0883. The van der Waals surface area contributed by atoms with E-state index in [0.29, 0.717) is 30.3 Å². The van der Waals surface area contributed by atoms with Crippen LogP contribution >= 0.6 is 0 Å². The third-order valence-corrected chi connectivity index (χ3v) is 3.80. The number of nitrogens with zero attached hydrogens (tertiary/aromatic N) is 4. The van der Waals surface area contributed by atoms with Crippen molar-refractivity contribution in [3.05, 3.63) is 65.2 Å². The van der Waals surface area contributed by atoms with Crippen molar-refractivity contribution in [2.45, 2.75) is 20.8 Å². The minimum atomic E-state index is -0.0883. The zero-order valence-corrected chi connectivity index (χ0v) is 15.2. The van der Waals surface area contributed by atoms with E-state index in [1.807, 2.05) is 51.1 Å². The van der Waals surface area contributed by atoms with Crippen molar-refractivity contribution < 1.29 is 4.79 Å². The molecule has 0 aliphatic carbocycles. The highest BCUT2D eigenvalue weighted by Crippen LogP contribution is 2.13. The molecule has 2 N–H and O–H groups in total. The van der Waals surface area contributed by atoms with Crippen LogP contribution in [0.15, 0.2) is 42.5 Å². The summed E-state index contributed by atoms with van der Waals surface area (Å²) in [4.78, 5) is 20.9. The molecular weight excluding hydrogens is 328 g/mol. The second-order valence-corrected chi connectivity index (χ2v) is 6.05. The molecule has 0 radical (unpaired) electrons. The van der Waals surface area contributed by atoms with Crippen LogP contribution in [0.5, 0.6) is 0 Å². The van der Waals surface area contributed by atoms with E-state index in [1.165, 1.54) is 0 Å². The summed E-state index contributed by atoms with van der Waals surface area (Å²) in [5.74, 6) is 1.99. The van der Waals surface area contributed by atoms with Gasteiger partial charge in [-0.15, -0.1) is 0 Å². The first-order chi connectivity index (χ1) is 12.5. The summed E-state index contributed by atoms with van der Waals surface area (Å²) >= 11 is 0. The molecule has 0 aliphatic rings. The van der Waals surface area contributed by atoms with Gasteiger partial charge in [0.05, 0.1) is 5.69 Å². The highest BCUT2D eigenvalue weighted by molar-refractivity contribution is 5.94. The maximum absolute atomic E-state index is 12.0. The summed E-state index contributed by atoms with van der Waals surface area (Å²) in [6, 6.07) is 13.0. The van der Waals surface area contributed by atoms with Crippen molar-refractivity contribution in [3.63, 3.8) is 0 Å². The third kappa shape index (κ3) is 4.24. The third-order valence-electron chi connectivity index (χ3n) is 3.80. The van der Waals surface area contributed by atoms with Crippen LogP contribution in [-0.2, 0) is 0 Å². The Bertz CT molecular complexity index is 904. The fourth-order valence-corrected chi connectivity index (χ4v) is 2.67. The maximum atomic E-state index is 12.0. The van der Waals surface area contributed by atoms with Crippen LogP contribution in [0.1, 0.15) is 27.6 Å². The first kappa shape index (κ1) is 17.6. The van der Waals surface area contributed by atoms with Gasteiger partial charge >= 0.3 is 0 Å². The molecule has 1 amide bonds. The second-order valence-electron chi connectivity index (χ2n) is 6.05. The Hall–Kier alpha value is -3.22. The van der Waals surface area contributed by atoms with Gasteiger partial charge in [0.15, 0.2) is 5.82 Å². The van der Waals surface area contributed by atoms with Crippen LogP contribution in [0.2, 0.25) is 0 Å². The number of anilines is 1. The van der Waals surface area contributed by atoms with Crippen molar-refractivity contribution in [1.29, 1.82) is 0 Å². The van der Waals surface area contributed by atoms with Gasteiger partial charge in [-0.2, -0.15) is 5.10 Å². The average Bonchev–Trinajstić information content (AvgIpc) is 2.97. The smallest absolute Gasteiger partial charge is 0.251 e. The van der Waals surface area contributed by atoms with Crippen molar-refractivity contribution in [3.8, 4) is 5.82 Å². The molecule has 0 saturated heterocycles. The highest BCUT2D eigenvalue weighted by Gasteiger charge is 2.08. The number of nitrogens with one attached hydrogen (secondary N) is 2. The lowest BCUT2D eigenvalue weighted by Crippen LogP contribution is -2.28. The van der Waals surface area contributed by atoms with Gasteiger partial charge in [0, 0.05) is 30.4 Å². The fourth-order valence-electron chi connectivity index (χ4n) is 2.67. The lowest BCUT2D eigenvalue weighted by Gasteiger charge is -2.10. The van der Waals surface area contributed by atoms with Gasteiger partial charge in [0.2, 0.25) is 0 Å². The van der Waals surface area contributed by atoms with Crippen LogP contribution in [-0.4, -0.2) is 38.7 Å². The fraction of sp³-hybridized carbons (Fsp3) is 0.263. The molecule has 3 aromatic rings. The minimum Gasteiger partial charge on any atom is -0.368 e. The molecular formula is C19H22N6O. The van der Waals surface area contributed by atoms with Crippen molar-refractivity contribution in [1.82, 2.24) is 25.1 Å². The van der Waals surface area contributed by atoms with E-state index < -0.39 is 0 Å².